The number of aryl methyl sites for hydroxylation is 2. The number of nitrogens with zero attached hydrogens (tertiary/aromatic N) is 2. The van der Waals surface area contributed by atoms with Crippen LogP contribution in [0.15, 0.2) is 35.2 Å². The van der Waals surface area contributed by atoms with Crippen molar-refractivity contribution in [2.45, 2.75) is 13.5 Å². The standard InChI is InChI=1S/C12H13BrN2O/c1-9-4-3-5-11(6-9)16-8-10-7-15(2)12(13)14-10/h3-7H,8H2,1-2H3. The molecule has 0 spiro atoms. The van der Waals surface area contributed by atoms with Crippen LogP contribution in [-0.2, 0) is 13.7 Å². The lowest BCUT2D eigenvalue weighted by atomic mass is 10.2. The minimum Gasteiger partial charge on any atom is -0.487 e. The third-order valence-electron chi connectivity index (χ3n) is 2.25. The maximum Gasteiger partial charge on any atom is 0.177 e. The smallest absolute Gasteiger partial charge is 0.177 e. The zero-order valence-corrected chi connectivity index (χ0v) is 10.9. The maximum absolute atomic E-state index is 5.64. The molecule has 0 radical (unpaired) electrons. The first kappa shape index (κ1) is 11.2. The summed E-state index contributed by atoms with van der Waals surface area (Å²) < 4.78 is 8.37. The van der Waals surface area contributed by atoms with Crippen molar-refractivity contribution in [3.63, 3.8) is 0 Å². The van der Waals surface area contributed by atoms with Gasteiger partial charge in [-0.3, -0.25) is 0 Å². The summed E-state index contributed by atoms with van der Waals surface area (Å²) in [7, 11) is 1.94. The summed E-state index contributed by atoms with van der Waals surface area (Å²) in [6.45, 7) is 2.53. The van der Waals surface area contributed by atoms with Crippen molar-refractivity contribution in [1.82, 2.24) is 9.55 Å². The van der Waals surface area contributed by atoms with Crippen molar-refractivity contribution in [2.24, 2.45) is 7.05 Å². The van der Waals surface area contributed by atoms with Gasteiger partial charge in [0.15, 0.2) is 4.73 Å². The number of aromatic nitrogens is 2. The van der Waals surface area contributed by atoms with Crippen molar-refractivity contribution < 1.29 is 4.74 Å². The fraction of sp³-hybridized carbons (Fsp3) is 0.250. The van der Waals surface area contributed by atoms with E-state index in [1.165, 1.54) is 5.56 Å². The predicted octanol–water partition coefficient (Wildman–Crippen LogP) is 3.07. The molecular formula is C12H13BrN2O. The summed E-state index contributed by atoms with van der Waals surface area (Å²) in [5.41, 5.74) is 2.11. The van der Waals surface area contributed by atoms with E-state index in [1.54, 1.807) is 0 Å². The van der Waals surface area contributed by atoms with E-state index in [2.05, 4.69) is 20.9 Å². The second-order valence-corrected chi connectivity index (χ2v) is 4.43. The molecule has 0 bridgehead atoms. The minimum absolute atomic E-state index is 0.489. The van der Waals surface area contributed by atoms with Crippen LogP contribution in [0.5, 0.6) is 5.75 Å². The van der Waals surface area contributed by atoms with Gasteiger partial charge in [-0.1, -0.05) is 12.1 Å². The molecule has 0 amide bonds. The summed E-state index contributed by atoms with van der Waals surface area (Å²) in [6, 6.07) is 7.99. The lowest BCUT2D eigenvalue weighted by molar-refractivity contribution is 0.301. The molecule has 1 aromatic heterocycles. The second kappa shape index (κ2) is 4.70. The fourth-order valence-electron chi connectivity index (χ4n) is 1.43. The number of ether oxygens (including phenoxy) is 1. The van der Waals surface area contributed by atoms with Crippen LogP contribution in [0.25, 0.3) is 0 Å². The molecule has 0 atom stereocenters. The Morgan fingerprint density at radius 1 is 1.44 bits per heavy atom. The molecule has 1 aromatic carbocycles. The van der Waals surface area contributed by atoms with E-state index in [1.807, 2.05) is 49.0 Å². The van der Waals surface area contributed by atoms with Gasteiger partial charge in [-0.25, -0.2) is 4.98 Å². The third-order valence-corrected chi connectivity index (χ3v) is 2.98. The second-order valence-electron chi connectivity index (χ2n) is 3.72. The number of benzene rings is 1. The highest BCUT2D eigenvalue weighted by Gasteiger charge is 2.02. The van der Waals surface area contributed by atoms with Gasteiger partial charge in [0, 0.05) is 13.2 Å². The van der Waals surface area contributed by atoms with E-state index in [-0.39, 0.29) is 0 Å². The maximum atomic E-state index is 5.64. The van der Waals surface area contributed by atoms with E-state index in [4.69, 9.17) is 4.74 Å². The van der Waals surface area contributed by atoms with Crippen LogP contribution in [0.3, 0.4) is 0 Å². The molecule has 0 saturated carbocycles. The number of rotatable bonds is 3. The van der Waals surface area contributed by atoms with Gasteiger partial charge >= 0.3 is 0 Å². The SMILES string of the molecule is Cc1cccc(OCc2cn(C)c(Br)n2)c1. The highest BCUT2D eigenvalue weighted by molar-refractivity contribution is 9.10. The molecular weight excluding hydrogens is 268 g/mol. The molecule has 2 rings (SSSR count). The van der Waals surface area contributed by atoms with Crippen molar-refractivity contribution in [1.29, 1.82) is 0 Å². The van der Waals surface area contributed by atoms with E-state index < -0.39 is 0 Å². The molecule has 84 valence electrons. The van der Waals surface area contributed by atoms with Crippen LogP contribution in [0.2, 0.25) is 0 Å². The summed E-state index contributed by atoms with van der Waals surface area (Å²) >= 11 is 3.35. The zero-order chi connectivity index (χ0) is 11.5. The monoisotopic (exact) mass is 280 g/mol. The predicted molar refractivity (Wildman–Crippen MR) is 66.4 cm³/mol. The Hall–Kier alpha value is -1.29. The Balaban J connectivity index is 2.02. The van der Waals surface area contributed by atoms with Crippen molar-refractivity contribution in [3.05, 3.63) is 46.5 Å². The van der Waals surface area contributed by atoms with Crippen LogP contribution >= 0.6 is 15.9 Å². The summed E-state index contributed by atoms with van der Waals surface area (Å²) in [4.78, 5) is 4.30. The third kappa shape index (κ3) is 2.64. The number of halogens is 1. The first-order valence-electron chi connectivity index (χ1n) is 5.02. The lowest BCUT2D eigenvalue weighted by Gasteiger charge is -2.04. The highest BCUT2D eigenvalue weighted by Crippen LogP contribution is 2.15. The normalized spacial score (nSPS) is 10.4. The minimum atomic E-state index is 0.489. The molecule has 0 saturated heterocycles. The van der Waals surface area contributed by atoms with E-state index in [0.29, 0.717) is 6.61 Å². The number of hydrogen-bond donors (Lipinski definition) is 0. The van der Waals surface area contributed by atoms with Gasteiger partial charge in [0.25, 0.3) is 0 Å². The van der Waals surface area contributed by atoms with Crippen molar-refractivity contribution >= 4 is 15.9 Å². The number of hydrogen-bond acceptors (Lipinski definition) is 2. The Morgan fingerprint density at radius 2 is 2.25 bits per heavy atom. The highest BCUT2D eigenvalue weighted by atomic mass is 79.9. The summed E-state index contributed by atoms with van der Waals surface area (Å²) in [6.07, 6.45) is 1.94. The molecule has 1 heterocycles. The summed E-state index contributed by atoms with van der Waals surface area (Å²) in [5, 5.41) is 0. The fourth-order valence-corrected chi connectivity index (χ4v) is 1.77. The van der Waals surface area contributed by atoms with Crippen LogP contribution in [0.1, 0.15) is 11.3 Å². The Labute approximate surface area is 103 Å². The van der Waals surface area contributed by atoms with Crippen LogP contribution in [-0.4, -0.2) is 9.55 Å². The van der Waals surface area contributed by atoms with Crippen LogP contribution < -0.4 is 4.74 Å². The first-order valence-corrected chi connectivity index (χ1v) is 5.81. The molecule has 0 aliphatic rings. The molecule has 0 aliphatic carbocycles. The summed E-state index contributed by atoms with van der Waals surface area (Å²) in [5.74, 6) is 0.877. The first-order chi connectivity index (χ1) is 7.65. The molecule has 0 unspecified atom stereocenters. The van der Waals surface area contributed by atoms with Crippen molar-refractivity contribution in [2.75, 3.05) is 0 Å². The van der Waals surface area contributed by atoms with Gasteiger partial charge in [-0.2, -0.15) is 0 Å². The van der Waals surface area contributed by atoms with E-state index in [9.17, 15) is 0 Å². The average Bonchev–Trinajstić information content (AvgIpc) is 2.56. The topological polar surface area (TPSA) is 27.1 Å². The lowest BCUT2D eigenvalue weighted by Crippen LogP contribution is -1.95. The Bertz CT molecular complexity index is 474. The van der Waals surface area contributed by atoms with Crippen molar-refractivity contribution in [3.8, 4) is 5.75 Å². The molecule has 3 nitrogen and oxygen atoms in total. The van der Waals surface area contributed by atoms with Gasteiger partial charge in [0.1, 0.15) is 12.4 Å². The van der Waals surface area contributed by atoms with Gasteiger partial charge in [-0.15, -0.1) is 0 Å². The van der Waals surface area contributed by atoms with Crippen LogP contribution in [0.4, 0.5) is 0 Å². The Morgan fingerprint density at radius 3 is 2.88 bits per heavy atom. The van der Waals surface area contributed by atoms with E-state index >= 15 is 0 Å². The van der Waals surface area contributed by atoms with Gasteiger partial charge < -0.3 is 9.30 Å². The molecule has 0 N–H and O–H groups in total. The van der Waals surface area contributed by atoms with Gasteiger partial charge in [0.05, 0.1) is 5.69 Å². The Kier molecular flexibility index (Phi) is 3.29. The zero-order valence-electron chi connectivity index (χ0n) is 9.27. The molecule has 4 heteroatoms. The molecule has 2 aromatic rings. The number of imidazole rings is 1. The largest absolute Gasteiger partial charge is 0.487 e. The van der Waals surface area contributed by atoms with Gasteiger partial charge in [-0.05, 0) is 40.5 Å². The molecule has 0 fully saturated rings. The average molecular weight is 281 g/mol. The molecule has 0 aliphatic heterocycles. The van der Waals surface area contributed by atoms with Crippen LogP contribution in [0, 0.1) is 6.92 Å². The molecule has 16 heavy (non-hydrogen) atoms. The quantitative estimate of drug-likeness (QED) is 0.864. The van der Waals surface area contributed by atoms with E-state index in [0.717, 1.165) is 16.2 Å². The van der Waals surface area contributed by atoms with Gasteiger partial charge in [0.2, 0.25) is 0 Å².